The van der Waals surface area contributed by atoms with E-state index in [1.165, 1.54) is 0 Å². The largest absolute Gasteiger partial charge is 0.379 e. The number of morpholine rings is 1. The summed E-state index contributed by atoms with van der Waals surface area (Å²) in [5, 5.41) is 10.8. The number of aromatic nitrogens is 1. The van der Waals surface area contributed by atoms with Crippen LogP contribution in [0.3, 0.4) is 0 Å². The van der Waals surface area contributed by atoms with Crippen molar-refractivity contribution in [3.8, 4) is 0 Å². The first kappa shape index (κ1) is 21.0. The number of nitrogens with zero attached hydrogens (tertiary/aromatic N) is 3. The second-order valence-corrected chi connectivity index (χ2v) is 8.14. The maximum absolute atomic E-state index is 6.50. The summed E-state index contributed by atoms with van der Waals surface area (Å²) >= 11 is 8.19. The van der Waals surface area contributed by atoms with Gasteiger partial charge in [-0.1, -0.05) is 29.8 Å². The van der Waals surface area contributed by atoms with E-state index < -0.39 is 0 Å². The fourth-order valence-corrected chi connectivity index (χ4v) is 4.23. The number of ether oxygens (including phenoxy) is 1. The van der Waals surface area contributed by atoms with E-state index in [1.807, 2.05) is 25.1 Å². The van der Waals surface area contributed by atoms with Crippen molar-refractivity contribution in [3.63, 3.8) is 0 Å². The standard InChI is InChI=1S/C20H28ClN5OS/c1-15-25-16(14-28-15)7-8-23-20(22-2)24-13-19(26-9-11-27-12-10-26)17-5-3-4-6-18(17)21/h3-6,14,19H,7-13H2,1-2H3,(H2,22,23,24). The lowest BCUT2D eigenvalue weighted by atomic mass is 10.0. The van der Waals surface area contributed by atoms with Gasteiger partial charge in [-0.15, -0.1) is 11.3 Å². The molecule has 1 unspecified atom stereocenters. The summed E-state index contributed by atoms with van der Waals surface area (Å²) in [6.45, 7) is 6.83. The van der Waals surface area contributed by atoms with Crippen LogP contribution >= 0.6 is 22.9 Å². The fraction of sp³-hybridized carbons (Fsp3) is 0.500. The summed E-state index contributed by atoms with van der Waals surface area (Å²) in [4.78, 5) is 11.3. The Kier molecular flexibility index (Phi) is 8.09. The second kappa shape index (κ2) is 10.8. The predicted molar refractivity (Wildman–Crippen MR) is 117 cm³/mol. The van der Waals surface area contributed by atoms with Crippen LogP contribution < -0.4 is 10.6 Å². The number of guanidine groups is 1. The molecular formula is C20H28ClN5OS. The Morgan fingerprint density at radius 3 is 2.79 bits per heavy atom. The van der Waals surface area contributed by atoms with Crippen molar-refractivity contribution in [1.29, 1.82) is 0 Å². The number of aryl methyl sites for hydroxylation is 1. The summed E-state index contributed by atoms with van der Waals surface area (Å²) in [7, 11) is 1.79. The van der Waals surface area contributed by atoms with Gasteiger partial charge >= 0.3 is 0 Å². The Balaban J connectivity index is 1.58. The molecule has 152 valence electrons. The minimum Gasteiger partial charge on any atom is -0.379 e. The van der Waals surface area contributed by atoms with E-state index in [-0.39, 0.29) is 6.04 Å². The van der Waals surface area contributed by atoms with Crippen LogP contribution in [-0.4, -0.2) is 62.3 Å². The first-order valence-corrected chi connectivity index (χ1v) is 10.8. The van der Waals surface area contributed by atoms with Gasteiger partial charge in [-0.05, 0) is 18.6 Å². The van der Waals surface area contributed by atoms with Gasteiger partial charge in [-0.25, -0.2) is 4.98 Å². The van der Waals surface area contributed by atoms with Gasteiger partial charge in [0, 0.05) is 50.1 Å². The van der Waals surface area contributed by atoms with Crippen molar-refractivity contribution >= 4 is 28.9 Å². The molecule has 2 aromatic rings. The van der Waals surface area contributed by atoms with Crippen molar-refractivity contribution in [3.05, 3.63) is 50.9 Å². The third-order valence-electron chi connectivity index (χ3n) is 4.78. The minimum atomic E-state index is 0.164. The normalized spacial score (nSPS) is 16.8. The average Bonchev–Trinajstić information content (AvgIpc) is 3.14. The Labute approximate surface area is 176 Å². The molecule has 0 radical (unpaired) electrons. The highest BCUT2D eigenvalue weighted by Crippen LogP contribution is 2.27. The molecule has 1 saturated heterocycles. The molecule has 0 amide bonds. The van der Waals surface area contributed by atoms with Crippen molar-refractivity contribution < 1.29 is 4.74 Å². The molecule has 0 saturated carbocycles. The molecule has 1 atom stereocenters. The summed E-state index contributed by atoms with van der Waals surface area (Å²) in [6.07, 6.45) is 0.877. The first-order chi connectivity index (χ1) is 13.7. The maximum Gasteiger partial charge on any atom is 0.191 e. The van der Waals surface area contributed by atoms with Gasteiger partial charge in [0.2, 0.25) is 0 Å². The smallest absolute Gasteiger partial charge is 0.191 e. The number of hydrogen-bond donors (Lipinski definition) is 2. The third kappa shape index (κ3) is 5.91. The van der Waals surface area contributed by atoms with Gasteiger partial charge < -0.3 is 15.4 Å². The topological polar surface area (TPSA) is 61.8 Å². The Bertz CT molecular complexity index is 775. The monoisotopic (exact) mass is 421 g/mol. The molecule has 6 nitrogen and oxygen atoms in total. The number of rotatable bonds is 7. The Morgan fingerprint density at radius 2 is 2.11 bits per heavy atom. The van der Waals surface area contributed by atoms with Gasteiger partial charge in [0.25, 0.3) is 0 Å². The van der Waals surface area contributed by atoms with Crippen LogP contribution in [0.15, 0.2) is 34.6 Å². The van der Waals surface area contributed by atoms with E-state index >= 15 is 0 Å². The lowest BCUT2D eigenvalue weighted by Gasteiger charge is -2.35. The van der Waals surface area contributed by atoms with Crippen molar-refractivity contribution in [2.45, 2.75) is 19.4 Å². The van der Waals surface area contributed by atoms with E-state index in [1.54, 1.807) is 18.4 Å². The highest BCUT2D eigenvalue weighted by Gasteiger charge is 2.24. The molecule has 28 heavy (non-hydrogen) atoms. The van der Waals surface area contributed by atoms with Crippen LogP contribution in [-0.2, 0) is 11.2 Å². The lowest BCUT2D eigenvalue weighted by Crippen LogP contribution is -2.46. The molecule has 1 aliphatic rings. The van der Waals surface area contributed by atoms with Crippen LogP contribution in [0, 0.1) is 6.92 Å². The minimum absolute atomic E-state index is 0.164. The van der Waals surface area contributed by atoms with Crippen LogP contribution in [0.1, 0.15) is 22.3 Å². The number of aliphatic imine (C=N–C) groups is 1. The van der Waals surface area contributed by atoms with E-state index in [4.69, 9.17) is 16.3 Å². The molecule has 1 aromatic carbocycles. The molecule has 2 N–H and O–H groups in total. The first-order valence-electron chi connectivity index (χ1n) is 9.59. The second-order valence-electron chi connectivity index (χ2n) is 6.67. The van der Waals surface area contributed by atoms with Crippen molar-refractivity contribution in [2.24, 2.45) is 4.99 Å². The van der Waals surface area contributed by atoms with Gasteiger partial charge in [-0.2, -0.15) is 0 Å². The van der Waals surface area contributed by atoms with Crippen LogP contribution in [0.25, 0.3) is 0 Å². The highest BCUT2D eigenvalue weighted by molar-refractivity contribution is 7.09. The molecule has 0 spiro atoms. The van der Waals surface area contributed by atoms with E-state index in [2.05, 4.69) is 37.0 Å². The van der Waals surface area contributed by atoms with Crippen LogP contribution in [0.2, 0.25) is 5.02 Å². The zero-order valence-corrected chi connectivity index (χ0v) is 18.0. The zero-order valence-electron chi connectivity index (χ0n) is 16.4. The van der Waals surface area contributed by atoms with Crippen molar-refractivity contribution in [2.75, 3.05) is 46.4 Å². The van der Waals surface area contributed by atoms with Gasteiger partial charge in [0.1, 0.15) is 0 Å². The number of hydrogen-bond acceptors (Lipinski definition) is 5. The summed E-state index contributed by atoms with van der Waals surface area (Å²) in [5.74, 6) is 0.789. The molecule has 1 aliphatic heterocycles. The molecule has 8 heteroatoms. The van der Waals surface area contributed by atoms with Crippen LogP contribution in [0.4, 0.5) is 0 Å². The number of halogens is 1. The van der Waals surface area contributed by atoms with E-state index in [0.717, 1.165) is 73.1 Å². The molecule has 1 aromatic heterocycles. The molecule has 0 bridgehead atoms. The average molecular weight is 422 g/mol. The fourth-order valence-electron chi connectivity index (χ4n) is 3.32. The number of thiazole rings is 1. The number of benzene rings is 1. The zero-order chi connectivity index (χ0) is 19.8. The molecule has 2 heterocycles. The third-order valence-corrected chi connectivity index (χ3v) is 5.94. The summed E-state index contributed by atoms with van der Waals surface area (Å²) in [6, 6.07) is 8.23. The predicted octanol–water partition coefficient (Wildman–Crippen LogP) is 2.89. The van der Waals surface area contributed by atoms with Gasteiger partial charge in [-0.3, -0.25) is 9.89 Å². The molecule has 1 fully saturated rings. The van der Waals surface area contributed by atoms with E-state index in [9.17, 15) is 0 Å². The molecule has 0 aliphatic carbocycles. The Morgan fingerprint density at radius 1 is 1.32 bits per heavy atom. The lowest BCUT2D eigenvalue weighted by molar-refractivity contribution is 0.0170. The van der Waals surface area contributed by atoms with Gasteiger partial charge in [0.15, 0.2) is 5.96 Å². The summed E-state index contributed by atoms with van der Waals surface area (Å²) < 4.78 is 5.52. The summed E-state index contributed by atoms with van der Waals surface area (Å²) in [5.41, 5.74) is 2.25. The number of nitrogens with one attached hydrogen (secondary N) is 2. The highest BCUT2D eigenvalue weighted by atomic mass is 35.5. The Hall–Kier alpha value is -1.67. The quantitative estimate of drug-likeness (QED) is 0.531. The molecule has 3 rings (SSSR count). The SMILES string of the molecule is CN=C(NCCc1csc(C)n1)NCC(c1ccccc1Cl)N1CCOCC1. The van der Waals surface area contributed by atoms with Crippen molar-refractivity contribution in [1.82, 2.24) is 20.5 Å². The maximum atomic E-state index is 6.50. The van der Waals surface area contributed by atoms with E-state index in [0.29, 0.717) is 0 Å². The van der Waals surface area contributed by atoms with Gasteiger partial charge in [0.05, 0.1) is 30.0 Å². The van der Waals surface area contributed by atoms with Crippen LogP contribution in [0.5, 0.6) is 0 Å². The molecular weight excluding hydrogens is 394 g/mol.